The topological polar surface area (TPSA) is 17.8 Å². The van der Waals surface area contributed by atoms with Crippen LogP contribution in [0.25, 0.3) is 0 Å². The van der Waals surface area contributed by atoms with Gasteiger partial charge in [0, 0.05) is 11.5 Å². The van der Waals surface area contributed by atoms with Gasteiger partial charge in [0.05, 0.1) is 12.2 Å². The third-order valence-electron chi connectivity index (χ3n) is 3.45. The molecule has 2 nitrogen and oxygen atoms in total. The van der Waals surface area contributed by atoms with Crippen molar-refractivity contribution < 1.29 is 0 Å². The molecule has 1 aliphatic carbocycles. The van der Waals surface area contributed by atoms with Gasteiger partial charge in [0.25, 0.3) is 0 Å². The molecule has 0 saturated heterocycles. The van der Waals surface area contributed by atoms with Crippen LogP contribution in [0.15, 0.2) is 12.4 Å². The summed E-state index contributed by atoms with van der Waals surface area (Å²) in [5.74, 6) is 0. The first-order valence-electron chi connectivity index (χ1n) is 6.49. The lowest BCUT2D eigenvalue weighted by molar-refractivity contribution is 0.405. The Hall–Kier alpha value is -0.310. The first-order chi connectivity index (χ1) is 7.90. The Bertz CT molecular complexity index is 301. The van der Waals surface area contributed by atoms with Crippen LogP contribution in [0.1, 0.15) is 56.6 Å². The van der Waals surface area contributed by atoms with Gasteiger partial charge in [0.2, 0.25) is 0 Å². The number of aromatic nitrogens is 2. The molecule has 1 aromatic heterocycles. The molecular formula is C13H21BrN2. The standard InChI is InChI=1S/C13H21BrN2/c14-9-5-6-12-10-15-16(11-12)13-7-3-1-2-4-8-13/h10-11,13H,1-9H2. The van der Waals surface area contributed by atoms with Crippen LogP contribution in [0.2, 0.25) is 0 Å². The van der Waals surface area contributed by atoms with Gasteiger partial charge in [0.15, 0.2) is 0 Å². The minimum Gasteiger partial charge on any atom is -0.269 e. The third-order valence-corrected chi connectivity index (χ3v) is 4.01. The molecule has 0 radical (unpaired) electrons. The molecule has 0 unspecified atom stereocenters. The second-order valence-corrected chi connectivity index (χ2v) is 5.56. The van der Waals surface area contributed by atoms with E-state index in [0.29, 0.717) is 6.04 Å². The summed E-state index contributed by atoms with van der Waals surface area (Å²) in [5, 5.41) is 5.62. The molecule has 0 bridgehead atoms. The summed E-state index contributed by atoms with van der Waals surface area (Å²) in [6, 6.07) is 0.667. The molecule has 1 aliphatic rings. The van der Waals surface area contributed by atoms with E-state index in [9.17, 15) is 0 Å². The molecule has 0 atom stereocenters. The molecule has 1 saturated carbocycles. The van der Waals surface area contributed by atoms with E-state index in [1.54, 1.807) is 0 Å². The summed E-state index contributed by atoms with van der Waals surface area (Å²) in [6.45, 7) is 0. The van der Waals surface area contributed by atoms with Gasteiger partial charge in [0.1, 0.15) is 0 Å². The highest BCUT2D eigenvalue weighted by molar-refractivity contribution is 9.09. The number of alkyl halides is 1. The van der Waals surface area contributed by atoms with Crippen molar-refractivity contribution in [2.24, 2.45) is 0 Å². The SMILES string of the molecule is BrCCCc1cnn(C2CCCCCC2)c1. The van der Waals surface area contributed by atoms with E-state index < -0.39 is 0 Å². The Labute approximate surface area is 107 Å². The van der Waals surface area contributed by atoms with Crippen molar-refractivity contribution in [2.75, 3.05) is 5.33 Å². The van der Waals surface area contributed by atoms with E-state index in [-0.39, 0.29) is 0 Å². The minimum atomic E-state index is 0.667. The van der Waals surface area contributed by atoms with Crippen LogP contribution in [0, 0.1) is 0 Å². The van der Waals surface area contributed by atoms with Gasteiger partial charge in [-0.3, -0.25) is 4.68 Å². The van der Waals surface area contributed by atoms with Crippen LogP contribution in [-0.2, 0) is 6.42 Å². The quantitative estimate of drug-likeness (QED) is 0.601. The smallest absolute Gasteiger partial charge is 0.0521 e. The van der Waals surface area contributed by atoms with E-state index >= 15 is 0 Å². The predicted octanol–water partition coefficient (Wildman–Crippen LogP) is 4.11. The molecule has 0 aliphatic heterocycles. The number of halogens is 1. The van der Waals surface area contributed by atoms with E-state index in [2.05, 4.69) is 31.9 Å². The highest BCUT2D eigenvalue weighted by atomic mass is 79.9. The molecule has 0 aromatic carbocycles. The predicted molar refractivity (Wildman–Crippen MR) is 71.1 cm³/mol. The van der Waals surface area contributed by atoms with E-state index in [1.807, 2.05) is 6.20 Å². The summed E-state index contributed by atoms with van der Waals surface area (Å²) < 4.78 is 2.22. The molecule has 3 heteroatoms. The van der Waals surface area contributed by atoms with Gasteiger partial charge in [-0.1, -0.05) is 41.6 Å². The Balaban J connectivity index is 1.94. The second kappa shape index (κ2) is 6.43. The van der Waals surface area contributed by atoms with E-state index in [4.69, 9.17) is 0 Å². The van der Waals surface area contributed by atoms with Crippen LogP contribution >= 0.6 is 15.9 Å². The monoisotopic (exact) mass is 284 g/mol. The highest BCUT2D eigenvalue weighted by Crippen LogP contribution is 2.26. The molecule has 16 heavy (non-hydrogen) atoms. The number of hydrogen-bond donors (Lipinski definition) is 0. The van der Waals surface area contributed by atoms with Crippen LogP contribution in [0.3, 0.4) is 0 Å². The van der Waals surface area contributed by atoms with Gasteiger partial charge in [-0.2, -0.15) is 5.10 Å². The molecule has 0 spiro atoms. The Morgan fingerprint density at radius 3 is 2.69 bits per heavy atom. The molecule has 1 aromatic rings. The lowest BCUT2D eigenvalue weighted by Gasteiger charge is -2.14. The zero-order valence-electron chi connectivity index (χ0n) is 9.87. The van der Waals surface area contributed by atoms with Crippen molar-refractivity contribution in [3.05, 3.63) is 18.0 Å². The number of hydrogen-bond acceptors (Lipinski definition) is 1. The van der Waals surface area contributed by atoms with E-state index in [1.165, 1.54) is 50.5 Å². The second-order valence-electron chi connectivity index (χ2n) is 4.77. The number of aryl methyl sites for hydroxylation is 1. The molecule has 0 amide bonds. The number of rotatable bonds is 4. The van der Waals surface area contributed by atoms with Crippen molar-refractivity contribution in [1.29, 1.82) is 0 Å². The van der Waals surface area contributed by atoms with Crippen LogP contribution < -0.4 is 0 Å². The van der Waals surface area contributed by atoms with Crippen molar-refractivity contribution in [1.82, 2.24) is 9.78 Å². The van der Waals surface area contributed by atoms with Gasteiger partial charge in [-0.15, -0.1) is 0 Å². The fourth-order valence-electron chi connectivity index (χ4n) is 2.50. The molecular weight excluding hydrogens is 264 g/mol. The zero-order chi connectivity index (χ0) is 11.2. The lowest BCUT2D eigenvalue weighted by atomic mass is 10.1. The Morgan fingerprint density at radius 2 is 2.00 bits per heavy atom. The largest absolute Gasteiger partial charge is 0.269 e. The summed E-state index contributed by atoms with van der Waals surface area (Å²) >= 11 is 3.47. The van der Waals surface area contributed by atoms with Crippen molar-refractivity contribution in [3.63, 3.8) is 0 Å². The molecule has 90 valence electrons. The zero-order valence-corrected chi connectivity index (χ0v) is 11.5. The van der Waals surface area contributed by atoms with Crippen LogP contribution in [-0.4, -0.2) is 15.1 Å². The first-order valence-corrected chi connectivity index (χ1v) is 7.61. The average Bonchev–Trinajstić information content (AvgIpc) is 2.60. The van der Waals surface area contributed by atoms with E-state index in [0.717, 1.165) is 11.8 Å². The summed E-state index contributed by atoms with van der Waals surface area (Å²) in [5.41, 5.74) is 1.39. The van der Waals surface area contributed by atoms with Crippen molar-refractivity contribution in [3.8, 4) is 0 Å². The Morgan fingerprint density at radius 1 is 1.25 bits per heavy atom. The number of nitrogens with zero attached hydrogens (tertiary/aromatic N) is 2. The highest BCUT2D eigenvalue weighted by Gasteiger charge is 2.14. The maximum atomic E-state index is 4.54. The molecule has 1 fully saturated rings. The molecule has 0 N–H and O–H groups in total. The molecule has 1 heterocycles. The van der Waals surface area contributed by atoms with Gasteiger partial charge >= 0.3 is 0 Å². The van der Waals surface area contributed by atoms with Crippen molar-refractivity contribution in [2.45, 2.75) is 57.4 Å². The normalized spacial score (nSPS) is 18.6. The Kier molecular flexibility index (Phi) is 4.89. The van der Waals surface area contributed by atoms with Gasteiger partial charge < -0.3 is 0 Å². The lowest BCUT2D eigenvalue weighted by Crippen LogP contribution is -2.08. The molecule has 2 rings (SSSR count). The minimum absolute atomic E-state index is 0.667. The summed E-state index contributed by atoms with van der Waals surface area (Å²) in [6.07, 6.45) is 14.9. The summed E-state index contributed by atoms with van der Waals surface area (Å²) in [7, 11) is 0. The maximum Gasteiger partial charge on any atom is 0.0521 e. The average molecular weight is 285 g/mol. The van der Waals surface area contributed by atoms with Crippen LogP contribution in [0.4, 0.5) is 0 Å². The van der Waals surface area contributed by atoms with Crippen molar-refractivity contribution >= 4 is 15.9 Å². The van der Waals surface area contributed by atoms with Gasteiger partial charge in [-0.25, -0.2) is 0 Å². The van der Waals surface area contributed by atoms with Crippen LogP contribution in [0.5, 0.6) is 0 Å². The maximum absolute atomic E-state index is 4.54. The fourth-order valence-corrected chi connectivity index (χ4v) is 2.78. The third kappa shape index (κ3) is 3.34. The first kappa shape index (κ1) is 12.2. The summed E-state index contributed by atoms with van der Waals surface area (Å²) in [4.78, 5) is 0. The van der Waals surface area contributed by atoms with Gasteiger partial charge in [-0.05, 0) is 31.2 Å². The fraction of sp³-hybridized carbons (Fsp3) is 0.769.